The Morgan fingerprint density at radius 2 is 1.96 bits per heavy atom. The van der Waals surface area contributed by atoms with Crippen LogP contribution in [0, 0.1) is 24.1 Å². The molecule has 3 aromatic rings. The summed E-state index contributed by atoms with van der Waals surface area (Å²) in [6.45, 7) is 2.46. The van der Waals surface area contributed by atoms with Gasteiger partial charge in [-0.25, -0.2) is 9.07 Å². The zero-order valence-corrected chi connectivity index (χ0v) is 12.6. The average molecular weight is 306 g/mol. The lowest BCUT2D eigenvalue weighted by Crippen LogP contribution is -2.04. The molecule has 0 aliphatic carbocycles. The van der Waals surface area contributed by atoms with Gasteiger partial charge in [-0.2, -0.15) is 10.4 Å². The Bertz CT molecular complexity index is 859. The van der Waals surface area contributed by atoms with Crippen molar-refractivity contribution in [3.8, 4) is 11.8 Å². The van der Waals surface area contributed by atoms with E-state index in [9.17, 15) is 4.39 Å². The zero-order valence-electron chi connectivity index (χ0n) is 12.6. The molecule has 23 heavy (non-hydrogen) atoms. The molecule has 0 atom stereocenters. The molecule has 2 aromatic carbocycles. The molecule has 1 heterocycles. The van der Waals surface area contributed by atoms with Crippen LogP contribution in [0.2, 0.25) is 0 Å². The number of hydrogen-bond donors (Lipinski definition) is 1. The Labute approximate surface area is 133 Å². The zero-order chi connectivity index (χ0) is 16.2. The van der Waals surface area contributed by atoms with Crippen LogP contribution in [-0.2, 0) is 6.54 Å². The lowest BCUT2D eigenvalue weighted by molar-refractivity contribution is 0.627. The molecule has 0 aliphatic heterocycles. The number of benzene rings is 2. The summed E-state index contributed by atoms with van der Waals surface area (Å²) < 4.78 is 14.7. The normalized spacial score (nSPS) is 10.3. The van der Waals surface area contributed by atoms with Crippen molar-refractivity contribution in [2.24, 2.45) is 0 Å². The number of nitrogens with zero attached hydrogens (tertiary/aromatic N) is 3. The van der Waals surface area contributed by atoms with E-state index in [4.69, 9.17) is 5.26 Å². The van der Waals surface area contributed by atoms with Gasteiger partial charge in [0.2, 0.25) is 0 Å². The second-order valence-corrected chi connectivity index (χ2v) is 5.17. The largest absolute Gasteiger partial charge is 0.379 e. The van der Waals surface area contributed by atoms with Crippen LogP contribution in [0.15, 0.2) is 54.7 Å². The third-order valence-corrected chi connectivity index (χ3v) is 3.65. The SMILES string of the molecule is Cc1c(C#N)cccc1NCc1ccn(-c2ccc(F)cc2)n1. The smallest absolute Gasteiger partial charge is 0.123 e. The fraction of sp³-hybridized carbons (Fsp3) is 0.111. The van der Waals surface area contributed by atoms with Crippen molar-refractivity contribution in [3.05, 3.63) is 77.4 Å². The van der Waals surface area contributed by atoms with E-state index in [-0.39, 0.29) is 5.82 Å². The van der Waals surface area contributed by atoms with E-state index in [1.807, 2.05) is 31.3 Å². The predicted molar refractivity (Wildman–Crippen MR) is 86.7 cm³/mol. The Balaban J connectivity index is 1.73. The van der Waals surface area contributed by atoms with Gasteiger partial charge in [-0.05, 0) is 55.0 Å². The van der Waals surface area contributed by atoms with Crippen LogP contribution in [-0.4, -0.2) is 9.78 Å². The van der Waals surface area contributed by atoms with Crippen LogP contribution < -0.4 is 5.32 Å². The standard InChI is InChI=1S/C18H15FN4/c1-13-14(11-20)3-2-4-18(13)21-12-16-9-10-23(22-16)17-7-5-15(19)6-8-17/h2-10,21H,12H2,1H3. The summed E-state index contributed by atoms with van der Waals surface area (Å²) in [6, 6.07) is 15.8. The van der Waals surface area contributed by atoms with Gasteiger partial charge in [0.1, 0.15) is 5.82 Å². The summed E-state index contributed by atoms with van der Waals surface area (Å²) in [5.41, 5.74) is 4.16. The first-order valence-electron chi connectivity index (χ1n) is 7.21. The number of nitrogens with one attached hydrogen (secondary N) is 1. The molecule has 0 radical (unpaired) electrons. The van der Waals surface area contributed by atoms with Gasteiger partial charge in [0, 0.05) is 11.9 Å². The molecule has 0 amide bonds. The van der Waals surface area contributed by atoms with Crippen molar-refractivity contribution in [1.29, 1.82) is 5.26 Å². The minimum Gasteiger partial charge on any atom is -0.379 e. The van der Waals surface area contributed by atoms with Crippen LogP contribution in [0.4, 0.5) is 10.1 Å². The summed E-state index contributed by atoms with van der Waals surface area (Å²) in [5.74, 6) is -0.268. The highest BCUT2D eigenvalue weighted by Gasteiger charge is 2.05. The van der Waals surface area contributed by atoms with Gasteiger partial charge in [0.15, 0.2) is 0 Å². The fourth-order valence-electron chi connectivity index (χ4n) is 2.33. The Morgan fingerprint density at radius 3 is 2.70 bits per heavy atom. The van der Waals surface area contributed by atoms with Crippen molar-refractivity contribution in [1.82, 2.24) is 9.78 Å². The highest BCUT2D eigenvalue weighted by molar-refractivity contribution is 5.57. The molecule has 0 bridgehead atoms. The molecule has 0 unspecified atom stereocenters. The number of anilines is 1. The lowest BCUT2D eigenvalue weighted by atomic mass is 10.1. The number of nitriles is 1. The number of hydrogen-bond acceptors (Lipinski definition) is 3. The summed E-state index contributed by atoms with van der Waals surface area (Å²) in [5, 5.41) is 16.8. The van der Waals surface area contributed by atoms with E-state index in [1.54, 1.807) is 22.9 Å². The minimum atomic E-state index is -0.268. The molecular weight excluding hydrogens is 291 g/mol. The van der Waals surface area contributed by atoms with E-state index in [2.05, 4.69) is 16.5 Å². The molecule has 1 N–H and O–H groups in total. The van der Waals surface area contributed by atoms with Gasteiger partial charge in [0.05, 0.1) is 29.6 Å². The first-order chi connectivity index (χ1) is 11.2. The van der Waals surface area contributed by atoms with E-state index in [0.29, 0.717) is 12.1 Å². The summed E-state index contributed by atoms with van der Waals surface area (Å²) in [4.78, 5) is 0. The second kappa shape index (κ2) is 6.32. The van der Waals surface area contributed by atoms with Crippen LogP contribution in [0.5, 0.6) is 0 Å². The number of aromatic nitrogens is 2. The summed E-state index contributed by atoms with van der Waals surface area (Å²) in [7, 11) is 0. The Morgan fingerprint density at radius 1 is 1.17 bits per heavy atom. The predicted octanol–water partition coefficient (Wildman–Crippen LogP) is 3.80. The molecule has 5 heteroatoms. The maximum absolute atomic E-state index is 13.0. The fourth-order valence-corrected chi connectivity index (χ4v) is 2.33. The Hall–Kier alpha value is -3.13. The van der Waals surface area contributed by atoms with Gasteiger partial charge in [0.25, 0.3) is 0 Å². The van der Waals surface area contributed by atoms with E-state index >= 15 is 0 Å². The molecular formula is C18H15FN4. The highest BCUT2D eigenvalue weighted by atomic mass is 19.1. The van der Waals surface area contributed by atoms with Crippen molar-refractivity contribution in [2.75, 3.05) is 5.32 Å². The molecule has 0 spiro atoms. The molecule has 0 fully saturated rings. The van der Waals surface area contributed by atoms with Crippen molar-refractivity contribution in [2.45, 2.75) is 13.5 Å². The molecule has 3 rings (SSSR count). The van der Waals surface area contributed by atoms with Crippen LogP contribution in [0.25, 0.3) is 5.69 Å². The van der Waals surface area contributed by atoms with Crippen LogP contribution in [0.3, 0.4) is 0 Å². The molecule has 0 saturated heterocycles. The molecule has 4 nitrogen and oxygen atoms in total. The van der Waals surface area contributed by atoms with Crippen molar-refractivity contribution in [3.63, 3.8) is 0 Å². The lowest BCUT2D eigenvalue weighted by Gasteiger charge is -2.09. The third-order valence-electron chi connectivity index (χ3n) is 3.65. The summed E-state index contributed by atoms with van der Waals surface area (Å²) >= 11 is 0. The van der Waals surface area contributed by atoms with Crippen molar-refractivity contribution >= 4 is 5.69 Å². The van der Waals surface area contributed by atoms with Gasteiger partial charge in [-0.3, -0.25) is 0 Å². The quantitative estimate of drug-likeness (QED) is 0.797. The van der Waals surface area contributed by atoms with E-state index < -0.39 is 0 Å². The van der Waals surface area contributed by atoms with Gasteiger partial charge < -0.3 is 5.32 Å². The highest BCUT2D eigenvalue weighted by Crippen LogP contribution is 2.19. The van der Waals surface area contributed by atoms with Gasteiger partial charge in [-0.1, -0.05) is 6.07 Å². The van der Waals surface area contributed by atoms with Gasteiger partial charge >= 0.3 is 0 Å². The first-order valence-corrected chi connectivity index (χ1v) is 7.21. The summed E-state index contributed by atoms with van der Waals surface area (Å²) in [6.07, 6.45) is 1.84. The second-order valence-electron chi connectivity index (χ2n) is 5.17. The van der Waals surface area contributed by atoms with Crippen LogP contribution in [0.1, 0.15) is 16.8 Å². The minimum absolute atomic E-state index is 0.268. The molecule has 1 aromatic heterocycles. The van der Waals surface area contributed by atoms with E-state index in [1.165, 1.54) is 12.1 Å². The maximum atomic E-state index is 13.0. The maximum Gasteiger partial charge on any atom is 0.123 e. The van der Waals surface area contributed by atoms with E-state index in [0.717, 1.165) is 22.6 Å². The Kier molecular flexibility index (Phi) is 4.07. The van der Waals surface area contributed by atoms with Crippen LogP contribution >= 0.6 is 0 Å². The first kappa shape index (κ1) is 14.8. The number of halogens is 1. The molecule has 114 valence electrons. The number of rotatable bonds is 4. The topological polar surface area (TPSA) is 53.6 Å². The van der Waals surface area contributed by atoms with Crippen molar-refractivity contribution < 1.29 is 4.39 Å². The molecule has 0 saturated carbocycles. The van der Waals surface area contributed by atoms with Gasteiger partial charge in [-0.15, -0.1) is 0 Å². The monoisotopic (exact) mass is 306 g/mol. The molecule has 0 aliphatic rings. The third kappa shape index (κ3) is 3.22. The average Bonchev–Trinajstić information content (AvgIpc) is 3.03.